The van der Waals surface area contributed by atoms with E-state index in [4.69, 9.17) is 0 Å². The van der Waals surface area contributed by atoms with Gasteiger partial charge in [0, 0.05) is 11.8 Å². The average molecular weight is 183 g/mol. The zero-order valence-electron chi connectivity index (χ0n) is 6.93. The molecule has 1 aromatic rings. The average Bonchev–Trinajstić information content (AvgIpc) is 2.35. The van der Waals surface area contributed by atoms with Crippen molar-refractivity contribution >= 4 is 0 Å². The lowest BCUT2D eigenvalue weighted by atomic mass is 10.1. The number of hydrogen-bond donors (Lipinski definition) is 3. The van der Waals surface area contributed by atoms with Gasteiger partial charge in [0.2, 0.25) is 0 Å². The molecule has 0 fully saturated rings. The number of aromatic nitrogens is 1. The van der Waals surface area contributed by atoms with Crippen LogP contribution in [0.25, 0.3) is 0 Å². The fraction of sp³-hybridized carbons (Fsp3) is 0.375. The fourth-order valence-corrected chi connectivity index (χ4v) is 1.35. The summed E-state index contributed by atoms with van der Waals surface area (Å²) >= 11 is 0. The van der Waals surface area contributed by atoms with Gasteiger partial charge in [-0.3, -0.25) is 4.98 Å². The van der Waals surface area contributed by atoms with Gasteiger partial charge in [-0.05, 0) is 6.92 Å². The summed E-state index contributed by atoms with van der Waals surface area (Å²) in [5.74, 6) is -0.124. The number of nitrogens with zero attached hydrogens (tertiary/aromatic N) is 1. The summed E-state index contributed by atoms with van der Waals surface area (Å²) in [7, 11) is 0. The molecule has 2 heterocycles. The van der Waals surface area contributed by atoms with Crippen LogP contribution in [0, 0.1) is 6.92 Å². The summed E-state index contributed by atoms with van der Waals surface area (Å²) in [6.45, 7) is 1.60. The maximum absolute atomic E-state index is 9.49. The van der Waals surface area contributed by atoms with Crippen molar-refractivity contribution < 1.29 is 20.1 Å². The van der Waals surface area contributed by atoms with Crippen LogP contribution in [0.4, 0.5) is 0 Å². The lowest BCUT2D eigenvalue weighted by molar-refractivity contribution is -0.193. The molecule has 70 valence electrons. The van der Waals surface area contributed by atoms with E-state index >= 15 is 0 Å². The zero-order valence-corrected chi connectivity index (χ0v) is 6.93. The van der Waals surface area contributed by atoms with Crippen molar-refractivity contribution in [3.8, 4) is 5.75 Å². The van der Waals surface area contributed by atoms with Crippen LogP contribution in [0.3, 0.4) is 0 Å². The molecular formula is C8H9NO4. The summed E-state index contributed by atoms with van der Waals surface area (Å²) in [6.07, 6.45) is -1.10. The molecule has 5 heteroatoms. The molecule has 0 radical (unpaired) electrons. The minimum absolute atomic E-state index is 0.124. The van der Waals surface area contributed by atoms with E-state index in [1.165, 1.54) is 6.20 Å². The van der Waals surface area contributed by atoms with Gasteiger partial charge in [-0.25, -0.2) is 0 Å². The topological polar surface area (TPSA) is 82.8 Å². The van der Waals surface area contributed by atoms with E-state index in [1.54, 1.807) is 6.92 Å². The zero-order chi connectivity index (χ0) is 9.59. The first kappa shape index (κ1) is 8.43. The predicted molar refractivity (Wildman–Crippen MR) is 41.6 cm³/mol. The van der Waals surface area contributed by atoms with Gasteiger partial charge >= 0.3 is 0 Å². The summed E-state index contributed by atoms with van der Waals surface area (Å²) in [6, 6.07) is 0. The molecule has 1 aromatic heterocycles. The summed E-state index contributed by atoms with van der Waals surface area (Å²) in [5, 5.41) is 28.0. The van der Waals surface area contributed by atoms with Crippen molar-refractivity contribution in [3.05, 3.63) is 23.0 Å². The van der Waals surface area contributed by atoms with Crippen molar-refractivity contribution in [1.82, 2.24) is 4.98 Å². The summed E-state index contributed by atoms with van der Waals surface area (Å²) in [4.78, 5) is 3.83. The highest BCUT2D eigenvalue weighted by Gasteiger charge is 2.32. The molecule has 1 aliphatic rings. The molecule has 2 unspecified atom stereocenters. The van der Waals surface area contributed by atoms with Crippen LogP contribution < -0.4 is 0 Å². The van der Waals surface area contributed by atoms with Gasteiger partial charge in [0.15, 0.2) is 12.6 Å². The third-order valence-corrected chi connectivity index (χ3v) is 2.08. The molecule has 1 aliphatic heterocycles. The predicted octanol–water partition coefficient (Wildman–Crippen LogP) is 0.108. The lowest BCUT2D eigenvalue weighted by Crippen LogP contribution is -1.95. The molecular weight excluding hydrogens is 174 g/mol. The number of fused-ring (bicyclic) bond motifs is 1. The highest BCUT2D eigenvalue weighted by Crippen LogP contribution is 2.41. The normalized spacial score (nSPS) is 26.1. The lowest BCUT2D eigenvalue weighted by Gasteiger charge is -2.05. The van der Waals surface area contributed by atoms with E-state index in [0.717, 1.165) is 0 Å². The number of aromatic hydroxyl groups is 1. The van der Waals surface area contributed by atoms with Crippen molar-refractivity contribution in [2.24, 2.45) is 0 Å². The first-order valence-electron chi connectivity index (χ1n) is 3.81. The molecule has 0 spiro atoms. The quantitative estimate of drug-likeness (QED) is 0.531. The number of rotatable bonds is 0. The van der Waals surface area contributed by atoms with Crippen molar-refractivity contribution in [3.63, 3.8) is 0 Å². The van der Waals surface area contributed by atoms with E-state index in [0.29, 0.717) is 11.3 Å². The molecule has 2 rings (SSSR count). The van der Waals surface area contributed by atoms with E-state index in [-0.39, 0.29) is 11.3 Å². The minimum Gasteiger partial charge on any atom is -0.506 e. The minimum atomic E-state index is -1.27. The Bertz CT molecular complexity index is 352. The van der Waals surface area contributed by atoms with Crippen LogP contribution in [0.5, 0.6) is 5.75 Å². The largest absolute Gasteiger partial charge is 0.506 e. The number of hydrogen-bond acceptors (Lipinski definition) is 5. The van der Waals surface area contributed by atoms with Gasteiger partial charge in [0.05, 0.1) is 11.3 Å². The maximum Gasteiger partial charge on any atom is 0.188 e. The number of ether oxygens (including phenoxy) is 1. The standard InChI is InChI=1S/C8H9NO4/c1-3-6(10)5-4(2-9-3)7(11)13-8(5)12/h2,7-8,10-12H,1H3. The van der Waals surface area contributed by atoms with Gasteiger partial charge in [-0.1, -0.05) is 0 Å². The molecule has 3 N–H and O–H groups in total. The first-order valence-corrected chi connectivity index (χ1v) is 3.81. The second kappa shape index (κ2) is 2.66. The Morgan fingerprint density at radius 2 is 2.08 bits per heavy atom. The van der Waals surface area contributed by atoms with Gasteiger partial charge in [0.1, 0.15) is 5.75 Å². The second-order valence-corrected chi connectivity index (χ2v) is 2.90. The van der Waals surface area contributed by atoms with Gasteiger partial charge in [-0.15, -0.1) is 0 Å². The maximum atomic E-state index is 9.49. The van der Waals surface area contributed by atoms with Crippen LogP contribution in [-0.4, -0.2) is 20.3 Å². The molecule has 0 aliphatic carbocycles. The van der Waals surface area contributed by atoms with E-state index < -0.39 is 12.6 Å². The van der Waals surface area contributed by atoms with Gasteiger partial charge < -0.3 is 20.1 Å². The van der Waals surface area contributed by atoms with Crippen LogP contribution in [0.2, 0.25) is 0 Å². The number of aliphatic hydroxyl groups excluding tert-OH is 2. The molecule has 2 atom stereocenters. The SMILES string of the molecule is Cc1ncc2c(c1O)C(O)OC2O. The highest BCUT2D eigenvalue weighted by molar-refractivity contribution is 5.43. The van der Waals surface area contributed by atoms with Crippen LogP contribution >= 0.6 is 0 Å². The molecule has 0 saturated heterocycles. The van der Waals surface area contributed by atoms with Crippen LogP contribution in [0.1, 0.15) is 29.4 Å². The van der Waals surface area contributed by atoms with Crippen LogP contribution in [0.15, 0.2) is 6.20 Å². The first-order chi connectivity index (χ1) is 6.11. The van der Waals surface area contributed by atoms with Crippen LogP contribution in [-0.2, 0) is 4.74 Å². The van der Waals surface area contributed by atoms with E-state index in [2.05, 4.69) is 9.72 Å². The number of pyridine rings is 1. The second-order valence-electron chi connectivity index (χ2n) is 2.90. The Balaban J connectivity index is 2.64. The summed E-state index contributed by atoms with van der Waals surface area (Å²) in [5.41, 5.74) is 0.922. The number of aliphatic hydroxyl groups is 2. The summed E-state index contributed by atoms with van der Waals surface area (Å²) < 4.78 is 4.68. The van der Waals surface area contributed by atoms with Crippen molar-refractivity contribution in [2.75, 3.05) is 0 Å². The van der Waals surface area contributed by atoms with E-state index in [1.807, 2.05) is 0 Å². The molecule has 0 bridgehead atoms. The number of aryl methyl sites for hydroxylation is 1. The smallest absolute Gasteiger partial charge is 0.188 e. The molecule has 0 amide bonds. The van der Waals surface area contributed by atoms with Gasteiger partial charge in [0.25, 0.3) is 0 Å². The Morgan fingerprint density at radius 3 is 2.77 bits per heavy atom. The third kappa shape index (κ3) is 1.09. The Kier molecular flexibility index (Phi) is 1.73. The molecule has 0 saturated carbocycles. The highest BCUT2D eigenvalue weighted by atomic mass is 16.7. The third-order valence-electron chi connectivity index (χ3n) is 2.08. The molecule has 5 nitrogen and oxygen atoms in total. The Morgan fingerprint density at radius 1 is 1.38 bits per heavy atom. The fourth-order valence-electron chi connectivity index (χ4n) is 1.35. The van der Waals surface area contributed by atoms with Gasteiger partial charge in [-0.2, -0.15) is 0 Å². The van der Waals surface area contributed by atoms with E-state index in [9.17, 15) is 15.3 Å². The molecule has 0 aromatic carbocycles. The van der Waals surface area contributed by atoms with Crippen molar-refractivity contribution in [1.29, 1.82) is 0 Å². The molecule has 13 heavy (non-hydrogen) atoms. The Hall–Kier alpha value is -1.17. The monoisotopic (exact) mass is 183 g/mol. The Labute approximate surface area is 74.2 Å². The van der Waals surface area contributed by atoms with Crippen molar-refractivity contribution in [2.45, 2.75) is 19.5 Å².